The Morgan fingerprint density at radius 3 is 2.75 bits per heavy atom. The van der Waals surface area contributed by atoms with Crippen LogP contribution < -0.4 is 10.6 Å². The van der Waals surface area contributed by atoms with Gasteiger partial charge in [0.25, 0.3) is 0 Å². The van der Waals surface area contributed by atoms with E-state index in [2.05, 4.69) is 15.6 Å². The molecule has 1 aromatic heterocycles. The topological polar surface area (TPSA) is 59.1 Å². The van der Waals surface area contributed by atoms with Gasteiger partial charge in [0.2, 0.25) is 5.95 Å². The molecule has 1 atom stereocenters. The maximum absolute atomic E-state index is 6.16. The molecule has 2 heterocycles. The fourth-order valence-electron chi connectivity index (χ4n) is 3.22. The first-order chi connectivity index (χ1) is 13.7. The molecule has 1 aliphatic heterocycles. The molecule has 1 saturated heterocycles. The molecular weight excluding hydrogens is 372 g/mol. The van der Waals surface area contributed by atoms with Crippen molar-refractivity contribution in [3.63, 3.8) is 0 Å². The summed E-state index contributed by atoms with van der Waals surface area (Å²) in [6, 6.07) is 17.8. The normalized spacial score (nSPS) is 16.1. The second-order valence-electron chi connectivity index (χ2n) is 6.93. The van der Waals surface area contributed by atoms with Gasteiger partial charge in [-0.3, -0.25) is 0 Å². The van der Waals surface area contributed by atoms with Crippen molar-refractivity contribution in [2.45, 2.75) is 25.9 Å². The van der Waals surface area contributed by atoms with Crippen LogP contribution in [0.3, 0.4) is 0 Å². The number of ether oxygens (including phenoxy) is 1. The van der Waals surface area contributed by atoms with E-state index in [1.165, 1.54) is 0 Å². The Balaban J connectivity index is 1.63. The smallest absolute Gasteiger partial charge is 0.229 e. The highest BCUT2D eigenvalue weighted by molar-refractivity contribution is 6.30. The SMILES string of the molecule is Cc1ccc(Cl)cc1Nc1nc(NCC2CCCO2)cc(-c2ccccc2)n1. The van der Waals surface area contributed by atoms with Crippen molar-refractivity contribution in [2.24, 2.45) is 0 Å². The number of benzene rings is 2. The van der Waals surface area contributed by atoms with Crippen LogP contribution in [0, 0.1) is 6.92 Å². The van der Waals surface area contributed by atoms with Gasteiger partial charge < -0.3 is 15.4 Å². The Labute approximate surface area is 170 Å². The highest BCUT2D eigenvalue weighted by Crippen LogP contribution is 2.26. The van der Waals surface area contributed by atoms with Crippen LogP contribution in [0.1, 0.15) is 18.4 Å². The molecule has 0 radical (unpaired) electrons. The minimum atomic E-state index is 0.238. The van der Waals surface area contributed by atoms with Crippen molar-refractivity contribution < 1.29 is 4.74 Å². The highest BCUT2D eigenvalue weighted by Gasteiger charge is 2.16. The summed E-state index contributed by atoms with van der Waals surface area (Å²) in [5.41, 5.74) is 3.86. The Morgan fingerprint density at radius 1 is 1.11 bits per heavy atom. The first-order valence-corrected chi connectivity index (χ1v) is 9.88. The van der Waals surface area contributed by atoms with E-state index < -0.39 is 0 Å². The number of aromatic nitrogens is 2. The zero-order chi connectivity index (χ0) is 19.3. The molecule has 144 valence electrons. The fourth-order valence-corrected chi connectivity index (χ4v) is 3.40. The van der Waals surface area contributed by atoms with Crippen LogP contribution in [-0.2, 0) is 4.74 Å². The molecule has 0 spiro atoms. The minimum absolute atomic E-state index is 0.238. The number of hydrogen-bond acceptors (Lipinski definition) is 5. The van der Waals surface area contributed by atoms with Gasteiger partial charge in [0.05, 0.1) is 11.8 Å². The second-order valence-corrected chi connectivity index (χ2v) is 7.36. The molecule has 1 fully saturated rings. The van der Waals surface area contributed by atoms with E-state index in [0.29, 0.717) is 11.0 Å². The van der Waals surface area contributed by atoms with Gasteiger partial charge in [-0.1, -0.05) is 48.0 Å². The van der Waals surface area contributed by atoms with Gasteiger partial charge in [-0.15, -0.1) is 0 Å². The summed E-state index contributed by atoms with van der Waals surface area (Å²) < 4.78 is 5.71. The predicted octanol–water partition coefficient (Wildman–Crippen LogP) is 5.44. The van der Waals surface area contributed by atoms with Gasteiger partial charge >= 0.3 is 0 Å². The zero-order valence-corrected chi connectivity index (χ0v) is 16.5. The van der Waals surface area contributed by atoms with Crippen molar-refractivity contribution in [3.8, 4) is 11.3 Å². The molecule has 5 nitrogen and oxygen atoms in total. The van der Waals surface area contributed by atoms with Crippen molar-refractivity contribution in [1.29, 1.82) is 0 Å². The van der Waals surface area contributed by atoms with Gasteiger partial charge in [0, 0.05) is 35.5 Å². The van der Waals surface area contributed by atoms with Crippen LogP contribution >= 0.6 is 11.6 Å². The van der Waals surface area contributed by atoms with Crippen LogP contribution in [0.5, 0.6) is 0 Å². The summed E-state index contributed by atoms with van der Waals surface area (Å²) in [5.74, 6) is 1.30. The van der Waals surface area contributed by atoms with E-state index >= 15 is 0 Å². The van der Waals surface area contributed by atoms with Crippen molar-refractivity contribution >= 4 is 29.1 Å². The van der Waals surface area contributed by atoms with Crippen LogP contribution in [0.15, 0.2) is 54.6 Å². The third-order valence-electron chi connectivity index (χ3n) is 4.78. The van der Waals surface area contributed by atoms with Crippen molar-refractivity contribution in [2.75, 3.05) is 23.8 Å². The molecule has 28 heavy (non-hydrogen) atoms. The number of hydrogen-bond donors (Lipinski definition) is 2. The Bertz CT molecular complexity index is 943. The number of rotatable bonds is 6. The molecule has 2 aromatic carbocycles. The second kappa shape index (κ2) is 8.59. The van der Waals surface area contributed by atoms with E-state index in [1.54, 1.807) is 0 Å². The standard InChI is InChI=1S/C22H23ClN4O/c1-15-9-10-17(23)12-19(15)25-22-26-20(16-6-3-2-4-7-16)13-21(27-22)24-14-18-8-5-11-28-18/h2-4,6-7,9-10,12-13,18H,5,8,11,14H2,1H3,(H2,24,25,26,27). The molecule has 1 aliphatic rings. The summed E-state index contributed by atoms with van der Waals surface area (Å²) in [5, 5.41) is 7.39. The van der Waals surface area contributed by atoms with E-state index in [4.69, 9.17) is 21.3 Å². The number of anilines is 3. The average Bonchev–Trinajstić information content (AvgIpc) is 3.23. The Kier molecular flexibility index (Phi) is 5.74. The largest absolute Gasteiger partial charge is 0.376 e. The molecule has 3 aromatic rings. The number of aryl methyl sites for hydroxylation is 1. The van der Waals surface area contributed by atoms with Crippen LogP contribution in [0.4, 0.5) is 17.5 Å². The van der Waals surface area contributed by atoms with Gasteiger partial charge in [-0.05, 0) is 37.5 Å². The predicted molar refractivity (Wildman–Crippen MR) is 114 cm³/mol. The Hall–Kier alpha value is -2.63. The summed E-state index contributed by atoms with van der Waals surface area (Å²) in [6.45, 7) is 3.60. The van der Waals surface area contributed by atoms with Crippen molar-refractivity contribution in [1.82, 2.24) is 9.97 Å². The third kappa shape index (κ3) is 4.61. The molecule has 2 N–H and O–H groups in total. The van der Waals surface area contributed by atoms with E-state index in [9.17, 15) is 0 Å². The molecule has 0 bridgehead atoms. The molecule has 0 aliphatic carbocycles. The molecule has 6 heteroatoms. The summed E-state index contributed by atoms with van der Waals surface area (Å²) in [4.78, 5) is 9.37. The lowest BCUT2D eigenvalue weighted by Gasteiger charge is -2.15. The summed E-state index contributed by atoms with van der Waals surface area (Å²) in [6.07, 6.45) is 2.43. The lowest BCUT2D eigenvalue weighted by Crippen LogP contribution is -2.19. The molecule has 1 unspecified atom stereocenters. The van der Waals surface area contributed by atoms with Gasteiger partial charge in [-0.25, -0.2) is 4.98 Å². The first kappa shape index (κ1) is 18.7. The maximum Gasteiger partial charge on any atom is 0.229 e. The van der Waals surface area contributed by atoms with E-state index in [-0.39, 0.29) is 6.10 Å². The van der Waals surface area contributed by atoms with Gasteiger partial charge in [0.15, 0.2) is 0 Å². The van der Waals surface area contributed by atoms with Crippen molar-refractivity contribution in [3.05, 3.63) is 65.2 Å². The monoisotopic (exact) mass is 394 g/mol. The fraction of sp³-hybridized carbons (Fsp3) is 0.273. The Morgan fingerprint density at radius 2 is 1.96 bits per heavy atom. The van der Waals surface area contributed by atoms with E-state index in [1.807, 2.05) is 61.5 Å². The number of halogens is 1. The lowest BCUT2D eigenvalue weighted by molar-refractivity contribution is 0.120. The molecule has 0 saturated carbocycles. The number of nitrogens with zero attached hydrogens (tertiary/aromatic N) is 2. The average molecular weight is 395 g/mol. The molecule has 0 amide bonds. The van der Waals surface area contributed by atoms with Crippen LogP contribution in [0.2, 0.25) is 5.02 Å². The van der Waals surface area contributed by atoms with Crippen LogP contribution in [-0.4, -0.2) is 29.2 Å². The highest BCUT2D eigenvalue weighted by atomic mass is 35.5. The minimum Gasteiger partial charge on any atom is -0.376 e. The zero-order valence-electron chi connectivity index (χ0n) is 15.8. The molecular formula is C22H23ClN4O. The summed E-state index contributed by atoms with van der Waals surface area (Å²) >= 11 is 6.16. The first-order valence-electron chi connectivity index (χ1n) is 9.50. The number of nitrogens with one attached hydrogen (secondary N) is 2. The molecule has 4 rings (SSSR count). The van der Waals surface area contributed by atoms with Crippen LogP contribution in [0.25, 0.3) is 11.3 Å². The quantitative estimate of drug-likeness (QED) is 0.583. The van der Waals surface area contributed by atoms with Gasteiger partial charge in [-0.2, -0.15) is 4.98 Å². The van der Waals surface area contributed by atoms with Gasteiger partial charge in [0.1, 0.15) is 5.82 Å². The maximum atomic E-state index is 6.16. The van der Waals surface area contributed by atoms with E-state index in [0.717, 1.165) is 54.3 Å². The third-order valence-corrected chi connectivity index (χ3v) is 5.01. The lowest BCUT2D eigenvalue weighted by atomic mass is 10.1. The summed E-state index contributed by atoms with van der Waals surface area (Å²) in [7, 11) is 0.